The summed E-state index contributed by atoms with van der Waals surface area (Å²) in [5.74, 6) is -0.514. The number of aliphatic carboxylic acids is 1. The first-order valence-electron chi connectivity index (χ1n) is 9.51. The maximum atomic E-state index is 12.4. The van der Waals surface area contributed by atoms with Gasteiger partial charge < -0.3 is 25.0 Å². The van der Waals surface area contributed by atoms with Gasteiger partial charge in [0.25, 0.3) is 0 Å². The zero-order chi connectivity index (χ0) is 20.4. The summed E-state index contributed by atoms with van der Waals surface area (Å²) in [6.45, 7) is -0.249. The van der Waals surface area contributed by atoms with Gasteiger partial charge in [0, 0.05) is 29.6 Å². The summed E-state index contributed by atoms with van der Waals surface area (Å²) in [5, 5.41) is 21.7. The number of carboxylic acid groups (broad SMARTS) is 1. The van der Waals surface area contributed by atoms with E-state index in [1.165, 1.54) is 0 Å². The van der Waals surface area contributed by atoms with Crippen LogP contribution < -0.4 is 10.1 Å². The molecule has 1 aromatic carbocycles. The normalized spacial score (nSPS) is 24.9. The van der Waals surface area contributed by atoms with Crippen LogP contribution in [-0.2, 0) is 20.7 Å². The first-order valence-corrected chi connectivity index (χ1v) is 9.51. The molecule has 0 aliphatic carbocycles. The van der Waals surface area contributed by atoms with Gasteiger partial charge in [-0.3, -0.25) is 14.6 Å². The van der Waals surface area contributed by atoms with Gasteiger partial charge in [0.1, 0.15) is 18.0 Å². The number of rotatable bonds is 6. The summed E-state index contributed by atoms with van der Waals surface area (Å²) in [6, 6.07) is 9.00. The van der Waals surface area contributed by atoms with Crippen molar-refractivity contribution < 1.29 is 29.3 Å². The van der Waals surface area contributed by atoms with Crippen LogP contribution in [0.3, 0.4) is 0 Å². The molecule has 2 aromatic rings. The third kappa shape index (κ3) is 4.23. The number of hydrogen-bond acceptors (Lipinski definition) is 6. The lowest BCUT2D eigenvalue weighted by Crippen LogP contribution is -2.46. The molecular formula is C21H22N2O6. The maximum Gasteiger partial charge on any atom is 0.305 e. The van der Waals surface area contributed by atoms with Gasteiger partial charge >= 0.3 is 5.97 Å². The number of ether oxygens (including phenoxy) is 2. The van der Waals surface area contributed by atoms with E-state index in [-0.39, 0.29) is 37.4 Å². The van der Waals surface area contributed by atoms with Crippen LogP contribution in [0.1, 0.15) is 29.9 Å². The molecule has 0 saturated carbocycles. The van der Waals surface area contributed by atoms with Gasteiger partial charge in [0.15, 0.2) is 0 Å². The van der Waals surface area contributed by atoms with Crippen LogP contribution in [-0.4, -0.2) is 52.0 Å². The molecule has 0 bridgehead atoms. The van der Waals surface area contributed by atoms with E-state index in [0.717, 1.165) is 11.1 Å². The van der Waals surface area contributed by atoms with E-state index in [1.807, 2.05) is 6.07 Å². The van der Waals surface area contributed by atoms with Crippen LogP contribution in [0, 0.1) is 0 Å². The number of fused-ring (bicyclic) bond motifs is 3. The minimum absolute atomic E-state index is 0.0997. The molecule has 4 atom stereocenters. The molecular weight excluding hydrogens is 376 g/mol. The van der Waals surface area contributed by atoms with Crippen molar-refractivity contribution >= 4 is 17.6 Å². The summed E-state index contributed by atoms with van der Waals surface area (Å²) in [5.41, 5.74) is 2.41. The highest BCUT2D eigenvalue weighted by Gasteiger charge is 2.46. The number of carbonyl (C=O) groups excluding carboxylic acids is 1. The lowest BCUT2D eigenvalue weighted by atomic mass is 9.84. The van der Waals surface area contributed by atoms with Gasteiger partial charge in [-0.05, 0) is 42.3 Å². The summed E-state index contributed by atoms with van der Waals surface area (Å²) >= 11 is 0. The van der Waals surface area contributed by atoms with Crippen molar-refractivity contribution in [3.05, 3.63) is 53.9 Å². The zero-order valence-electron chi connectivity index (χ0n) is 15.7. The first-order chi connectivity index (χ1) is 14.0. The molecule has 8 nitrogen and oxygen atoms in total. The molecule has 1 saturated heterocycles. The Hall–Kier alpha value is -2.97. The molecule has 1 aromatic heterocycles. The molecule has 152 valence electrons. The minimum atomic E-state index is -0.943. The van der Waals surface area contributed by atoms with Crippen molar-refractivity contribution in [2.75, 3.05) is 11.9 Å². The number of aromatic nitrogens is 1. The van der Waals surface area contributed by atoms with E-state index in [2.05, 4.69) is 10.3 Å². The number of nitrogens with zero attached hydrogens (tertiary/aromatic N) is 1. The van der Waals surface area contributed by atoms with E-state index < -0.39 is 18.2 Å². The van der Waals surface area contributed by atoms with Gasteiger partial charge in [-0.1, -0.05) is 0 Å². The number of aliphatic hydroxyl groups is 1. The summed E-state index contributed by atoms with van der Waals surface area (Å²) in [6.07, 6.45) is 2.43. The van der Waals surface area contributed by atoms with Crippen molar-refractivity contribution in [3.63, 3.8) is 0 Å². The molecule has 4 rings (SSSR count). The van der Waals surface area contributed by atoms with Gasteiger partial charge in [-0.2, -0.15) is 0 Å². The fourth-order valence-electron chi connectivity index (χ4n) is 4.05. The molecule has 2 aliphatic rings. The predicted octanol–water partition coefficient (Wildman–Crippen LogP) is 1.73. The average molecular weight is 398 g/mol. The van der Waals surface area contributed by atoms with Crippen LogP contribution in [0.2, 0.25) is 0 Å². The number of aliphatic hydroxyl groups excluding tert-OH is 1. The number of carboxylic acids is 1. The summed E-state index contributed by atoms with van der Waals surface area (Å²) < 4.78 is 11.7. The topological polar surface area (TPSA) is 118 Å². The van der Waals surface area contributed by atoms with E-state index in [9.17, 15) is 14.7 Å². The summed E-state index contributed by atoms with van der Waals surface area (Å²) in [4.78, 5) is 27.4. The highest BCUT2D eigenvalue weighted by Crippen LogP contribution is 2.47. The molecule has 0 radical (unpaired) electrons. The van der Waals surface area contributed by atoms with Gasteiger partial charge in [0.2, 0.25) is 5.91 Å². The molecule has 0 spiro atoms. The Labute approximate surface area is 167 Å². The number of carbonyl (C=O) groups is 2. The number of pyridine rings is 1. The molecule has 1 amide bonds. The van der Waals surface area contributed by atoms with Crippen molar-refractivity contribution in [2.45, 2.75) is 43.5 Å². The average Bonchev–Trinajstić information content (AvgIpc) is 3.05. The van der Waals surface area contributed by atoms with E-state index in [1.54, 1.807) is 36.7 Å². The van der Waals surface area contributed by atoms with Crippen molar-refractivity contribution in [1.82, 2.24) is 4.98 Å². The van der Waals surface area contributed by atoms with Gasteiger partial charge in [0.05, 0.1) is 25.6 Å². The van der Waals surface area contributed by atoms with E-state index in [4.69, 9.17) is 14.6 Å². The number of nitrogens with one attached hydrogen (secondary N) is 1. The largest absolute Gasteiger partial charge is 0.487 e. The van der Waals surface area contributed by atoms with Crippen LogP contribution in [0.15, 0.2) is 42.7 Å². The zero-order valence-corrected chi connectivity index (χ0v) is 15.7. The second-order valence-electron chi connectivity index (χ2n) is 7.33. The Balaban J connectivity index is 1.50. The second-order valence-corrected chi connectivity index (χ2v) is 7.33. The quantitative estimate of drug-likeness (QED) is 0.678. The first kappa shape index (κ1) is 19.4. The molecule has 1 fully saturated rings. The standard InChI is InChI=1S/C21H22N2O6/c24-11-18-21-16(9-14(28-18)10-20(26)27)15-8-13(1-2-17(15)29-21)23-19(25)7-12-3-5-22-6-4-12/h1-6,8,14,16,18,21,24H,7,9-11H2,(H,23,25)(H,26,27)/t14-,16-,18+,21+/m0/s1. The van der Waals surface area contributed by atoms with Crippen LogP contribution in [0.5, 0.6) is 5.75 Å². The van der Waals surface area contributed by atoms with Gasteiger partial charge in [-0.15, -0.1) is 0 Å². The third-order valence-corrected chi connectivity index (χ3v) is 5.30. The SMILES string of the molecule is O=C(O)C[C@@H]1C[C@H]2c3cc(NC(=O)Cc4ccncc4)ccc3O[C@H]2[C@@H](CO)O1. The molecule has 2 aliphatic heterocycles. The van der Waals surface area contributed by atoms with Crippen molar-refractivity contribution in [1.29, 1.82) is 0 Å². The monoisotopic (exact) mass is 398 g/mol. The van der Waals surface area contributed by atoms with Crippen molar-refractivity contribution in [3.8, 4) is 5.75 Å². The Morgan fingerprint density at radius 2 is 2.00 bits per heavy atom. The number of hydrogen-bond donors (Lipinski definition) is 3. The number of amides is 1. The Bertz CT molecular complexity index is 903. The number of anilines is 1. The molecule has 8 heteroatoms. The highest BCUT2D eigenvalue weighted by atomic mass is 16.6. The Morgan fingerprint density at radius 3 is 2.72 bits per heavy atom. The second kappa shape index (κ2) is 8.18. The van der Waals surface area contributed by atoms with Crippen LogP contribution in [0.4, 0.5) is 5.69 Å². The van der Waals surface area contributed by atoms with Crippen molar-refractivity contribution in [2.24, 2.45) is 0 Å². The minimum Gasteiger partial charge on any atom is -0.487 e. The molecule has 3 N–H and O–H groups in total. The van der Waals surface area contributed by atoms with Crippen LogP contribution >= 0.6 is 0 Å². The molecule has 0 unspecified atom stereocenters. The smallest absolute Gasteiger partial charge is 0.305 e. The van der Waals surface area contributed by atoms with Gasteiger partial charge in [-0.25, -0.2) is 0 Å². The molecule has 29 heavy (non-hydrogen) atoms. The number of benzene rings is 1. The lowest BCUT2D eigenvalue weighted by Gasteiger charge is -2.36. The van der Waals surface area contributed by atoms with E-state index >= 15 is 0 Å². The molecule has 3 heterocycles. The van der Waals surface area contributed by atoms with Crippen LogP contribution in [0.25, 0.3) is 0 Å². The highest BCUT2D eigenvalue weighted by molar-refractivity contribution is 5.92. The third-order valence-electron chi connectivity index (χ3n) is 5.30. The Morgan fingerprint density at radius 1 is 1.21 bits per heavy atom. The lowest BCUT2D eigenvalue weighted by molar-refractivity contribution is -0.153. The summed E-state index contributed by atoms with van der Waals surface area (Å²) in [7, 11) is 0. The fourth-order valence-corrected chi connectivity index (χ4v) is 4.05. The predicted molar refractivity (Wildman–Crippen MR) is 103 cm³/mol. The fraction of sp³-hybridized carbons (Fsp3) is 0.381. The maximum absolute atomic E-state index is 12.4. The Kier molecular flexibility index (Phi) is 5.46. The van der Waals surface area contributed by atoms with E-state index in [0.29, 0.717) is 17.9 Å².